The van der Waals surface area contributed by atoms with E-state index in [0.29, 0.717) is 10.7 Å². The van der Waals surface area contributed by atoms with E-state index in [1.165, 1.54) is 4.90 Å². The van der Waals surface area contributed by atoms with Gasteiger partial charge in [-0.3, -0.25) is 9.59 Å². The maximum absolute atomic E-state index is 13.6. The molecule has 0 saturated carbocycles. The van der Waals surface area contributed by atoms with Gasteiger partial charge in [0.05, 0.1) is 11.6 Å². The highest BCUT2D eigenvalue weighted by Gasteiger charge is 2.35. The van der Waals surface area contributed by atoms with Crippen molar-refractivity contribution in [2.45, 2.75) is 6.42 Å². The first-order valence-electron chi connectivity index (χ1n) is 7.26. The van der Waals surface area contributed by atoms with Crippen molar-refractivity contribution in [3.63, 3.8) is 0 Å². The Morgan fingerprint density at radius 2 is 2.00 bits per heavy atom. The van der Waals surface area contributed by atoms with Gasteiger partial charge in [-0.2, -0.15) is 0 Å². The number of hydrogen-bond acceptors (Lipinski definition) is 2. The molecule has 0 bridgehead atoms. The Hall–Kier alpha value is -2.47. The molecule has 1 saturated heterocycles. The number of amides is 2. The Bertz CT molecular complexity index is 813. The number of anilines is 2. The number of benzene rings is 2. The molecule has 1 heterocycles. The van der Waals surface area contributed by atoms with E-state index >= 15 is 0 Å². The standard InChI is InChI=1S/C17H13ClF2N2O2/c18-11-2-1-3-13(7-11)22-9-10(6-16(22)23)17(24)21-15-8-12(19)4-5-14(15)20/h1-5,7-8,10H,6,9H2,(H,21,24). The lowest BCUT2D eigenvalue weighted by Crippen LogP contribution is -2.28. The van der Waals surface area contributed by atoms with Crippen molar-refractivity contribution in [3.05, 3.63) is 59.1 Å². The van der Waals surface area contributed by atoms with Gasteiger partial charge in [-0.05, 0) is 30.3 Å². The summed E-state index contributed by atoms with van der Waals surface area (Å²) in [5.74, 6) is -2.80. The van der Waals surface area contributed by atoms with Crippen molar-refractivity contribution in [2.75, 3.05) is 16.8 Å². The second kappa shape index (κ2) is 6.57. The predicted molar refractivity (Wildman–Crippen MR) is 86.9 cm³/mol. The molecule has 2 aromatic carbocycles. The fourth-order valence-corrected chi connectivity index (χ4v) is 2.79. The zero-order chi connectivity index (χ0) is 17.3. The number of hydrogen-bond donors (Lipinski definition) is 1. The number of nitrogens with zero attached hydrogens (tertiary/aromatic N) is 1. The number of rotatable bonds is 3. The molecular weight excluding hydrogens is 338 g/mol. The summed E-state index contributed by atoms with van der Waals surface area (Å²) >= 11 is 5.92. The molecule has 2 amide bonds. The van der Waals surface area contributed by atoms with E-state index in [4.69, 9.17) is 11.6 Å². The predicted octanol–water partition coefficient (Wildman–Crippen LogP) is 3.61. The van der Waals surface area contributed by atoms with E-state index in [0.717, 1.165) is 18.2 Å². The molecule has 0 radical (unpaired) electrons. The Kier molecular flexibility index (Phi) is 4.49. The Labute approximate surface area is 142 Å². The smallest absolute Gasteiger partial charge is 0.229 e. The summed E-state index contributed by atoms with van der Waals surface area (Å²) < 4.78 is 26.8. The van der Waals surface area contributed by atoms with Gasteiger partial charge in [0, 0.05) is 29.7 Å². The molecule has 24 heavy (non-hydrogen) atoms. The quantitative estimate of drug-likeness (QED) is 0.919. The first kappa shape index (κ1) is 16.4. The SMILES string of the molecule is O=C(Nc1cc(F)ccc1F)C1CC(=O)N(c2cccc(Cl)c2)C1. The van der Waals surface area contributed by atoms with E-state index in [-0.39, 0.29) is 24.6 Å². The summed E-state index contributed by atoms with van der Waals surface area (Å²) in [6.07, 6.45) is -0.00468. The second-order valence-corrected chi connectivity index (χ2v) is 5.94. The number of carbonyl (C=O) groups excluding carboxylic acids is 2. The molecule has 1 unspecified atom stereocenters. The maximum Gasteiger partial charge on any atom is 0.229 e. The van der Waals surface area contributed by atoms with Crippen molar-refractivity contribution >= 4 is 34.8 Å². The normalized spacial score (nSPS) is 17.2. The lowest BCUT2D eigenvalue weighted by molar-refractivity contribution is -0.122. The average Bonchev–Trinajstić information content (AvgIpc) is 2.93. The van der Waals surface area contributed by atoms with Gasteiger partial charge in [-0.15, -0.1) is 0 Å². The van der Waals surface area contributed by atoms with Crippen LogP contribution >= 0.6 is 11.6 Å². The molecule has 3 rings (SSSR count). The van der Waals surface area contributed by atoms with Crippen LogP contribution in [0.2, 0.25) is 5.02 Å². The summed E-state index contributed by atoms with van der Waals surface area (Å²) in [6, 6.07) is 9.54. The second-order valence-electron chi connectivity index (χ2n) is 5.50. The minimum Gasteiger partial charge on any atom is -0.323 e. The van der Waals surface area contributed by atoms with E-state index < -0.39 is 23.5 Å². The molecular formula is C17H13ClF2N2O2. The minimum atomic E-state index is -0.735. The lowest BCUT2D eigenvalue weighted by Gasteiger charge is -2.17. The molecule has 1 N–H and O–H groups in total. The molecule has 7 heteroatoms. The van der Waals surface area contributed by atoms with E-state index in [1.807, 2.05) is 0 Å². The van der Waals surface area contributed by atoms with Crippen molar-refractivity contribution in [3.8, 4) is 0 Å². The molecule has 0 aromatic heterocycles. The molecule has 4 nitrogen and oxygen atoms in total. The number of nitrogens with one attached hydrogen (secondary N) is 1. The Balaban J connectivity index is 1.73. The van der Waals surface area contributed by atoms with Crippen molar-refractivity contribution in [1.82, 2.24) is 0 Å². The fraction of sp³-hybridized carbons (Fsp3) is 0.176. The third-order valence-electron chi connectivity index (χ3n) is 3.80. The summed E-state index contributed by atoms with van der Waals surface area (Å²) in [5, 5.41) is 2.82. The molecule has 124 valence electrons. The Morgan fingerprint density at radius 1 is 1.21 bits per heavy atom. The van der Waals surface area contributed by atoms with Crippen molar-refractivity contribution in [2.24, 2.45) is 5.92 Å². The fourth-order valence-electron chi connectivity index (χ4n) is 2.60. The molecule has 0 aliphatic carbocycles. The van der Waals surface area contributed by atoms with Gasteiger partial charge >= 0.3 is 0 Å². The highest BCUT2D eigenvalue weighted by atomic mass is 35.5. The van der Waals surface area contributed by atoms with E-state index in [2.05, 4.69) is 5.32 Å². The number of halogens is 3. The van der Waals surface area contributed by atoms with Crippen LogP contribution in [0.4, 0.5) is 20.2 Å². The van der Waals surface area contributed by atoms with Crippen LogP contribution in [0.25, 0.3) is 0 Å². The van der Waals surface area contributed by atoms with Gasteiger partial charge in [0.15, 0.2) is 0 Å². The van der Waals surface area contributed by atoms with E-state index in [1.54, 1.807) is 24.3 Å². The molecule has 1 aliphatic rings. The highest BCUT2D eigenvalue weighted by molar-refractivity contribution is 6.31. The highest BCUT2D eigenvalue weighted by Crippen LogP contribution is 2.28. The first-order chi connectivity index (χ1) is 11.4. The van der Waals surface area contributed by atoms with Crippen LogP contribution in [0.15, 0.2) is 42.5 Å². The minimum absolute atomic E-state index is 0.00468. The topological polar surface area (TPSA) is 49.4 Å². The van der Waals surface area contributed by atoms with Crippen LogP contribution in [-0.4, -0.2) is 18.4 Å². The van der Waals surface area contributed by atoms with Crippen LogP contribution in [0.5, 0.6) is 0 Å². The van der Waals surface area contributed by atoms with Crippen LogP contribution in [0.1, 0.15) is 6.42 Å². The lowest BCUT2D eigenvalue weighted by atomic mass is 10.1. The molecule has 2 aromatic rings. The van der Waals surface area contributed by atoms with Gasteiger partial charge in [-0.25, -0.2) is 8.78 Å². The monoisotopic (exact) mass is 350 g/mol. The van der Waals surface area contributed by atoms with Gasteiger partial charge in [0.1, 0.15) is 11.6 Å². The summed E-state index contributed by atoms with van der Waals surface area (Å²) in [6.45, 7) is 0.155. The largest absolute Gasteiger partial charge is 0.323 e. The summed E-state index contributed by atoms with van der Waals surface area (Å²) in [7, 11) is 0. The zero-order valence-electron chi connectivity index (χ0n) is 12.4. The zero-order valence-corrected chi connectivity index (χ0v) is 13.2. The molecule has 1 atom stereocenters. The summed E-state index contributed by atoms with van der Waals surface area (Å²) in [4.78, 5) is 25.9. The third-order valence-corrected chi connectivity index (χ3v) is 4.04. The summed E-state index contributed by atoms with van der Waals surface area (Å²) in [5.41, 5.74) is 0.355. The molecule has 1 fully saturated rings. The van der Waals surface area contributed by atoms with Gasteiger partial charge < -0.3 is 10.2 Å². The van der Waals surface area contributed by atoms with Crippen molar-refractivity contribution < 1.29 is 18.4 Å². The van der Waals surface area contributed by atoms with Crippen LogP contribution in [-0.2, 0) is 9.59 Å². The average molecular weight is 351 g/mol. The van der Waals surface area contributed by atoms with E-state index in [9.17, 15) is 18.4 Å². The van der Waals surface area contributed by atoms with Crippen LogP contribution in [0.3, 0.4) is 0 Å². The van der Waals surface area contributed by atoms with Crippen LogP contribution < -0.4 is 10.2 Å². The van der Waals surface area contributed by atoms with Gasteiger partial charge in [-0.1, -0.05) is 17.7 Å². The molecule has 0 spiro atoms. The molecule has 1 aliphatic heterocycles. The third kappa shape index (κ3) is 3.38. The van der Waals surface area contributed by atoms with Crippen molar-refractivity contribution in [1.29, 1.82) is 0 Å². The maximum atomic E-state index is 13.6. The van der Waals surface area contributed by atoms with Gasteiger partial charge in [0.2, 0.25) is 11.8 Å². The van der Waals surface area contributed by atoms with Crippen LogP contribution in [0, 0.1) is 17.6 Å². The van der Waals surface area contributed by atoms with Gasteiger partial charge in [0.25, 0.3) is 0 Å². The number of carbonyl (C=O) groups is 2. The Morgan fingerprint density at radius 3 is 2.75 bits per heavy atom. The first-order valence-corrected chi connectivity index (χ1v) is 7.63.